The van der Waals surface area contributed by atoms with Crippen molar-refractivity contribution in [1.82, 2.24) is 20.0 Å². The Bertz CT molecular complexity index is 360. The highest BCUT2D eigenvalue weighted by atomic mass is 79.9. The Morgan fingerprint density at radius 3 is 2.61 bits per heavy atom. The number of nitrogens with zero attached hydrogens (tertiary/aromatic N) is 3. The molecule has 0 aliphatic heterocycles. The summed E-state index contributed by atoms with van der Waals surface area (Å²) in [5, 5.41) is 7.98. The Balaban J connectivity index is 2.29. The molecule has 0 aromatic carbocycles. The fraction of sp³-hybridized carbons (Fsp3) is 0.769. The molecule has 1 N–H and O–H groups in total. The predicted octanol–water partition coefficient (Wildman–Crippen LogP) is 2.18. The van der Waals surface area contributed by atoms with E-state index in [0.717, 1.165) is 36.2 Å². The van der Waals surface area contributed by atoms with Gasteiger partial charge in [-0.25, -0.2) is 0 Å². The van der Waals surface area contributed by atoms with Crippen LogP contribution in [0.3, 0.4) is 0 Å². The summed E-state index contributed by atoms with van der Waals surface area (Å²) in [5.41, 5.74) is 2.38. The maximum atomic E-state index is 4.49. The summed E-state index contributed by atoms with van der Waals surface area (Å²) < 4.78 is 3.13. The molecule has 0 bridgehead atoms. The average molecular weight is 317 g/mol. The highest BCUT2D eigenvalue weighted by Gasteiger charge is 2.11. The van der Waals surface area contributed by atoms with Gasteiger partial charge in [-0.3, -0.25) is 4.68 Å². The van der Waals surface area contributed by atoms with Crippen LogP contribution in [-0.4, -0.2) is 41.9 Å². The van der Waals surface area contributed by atoms with Crippen LogP contribution >= 0.6 is 15.9 Å². The second kappa shape index (κ2) is 7.92. The van der Waals surface area contributed by atoms with Crippen molar-refractivity contribution in [2.75, 3.05) is 27.2 Å². The minimum Gasteiger partial charge on any atom is -0.311 e. The summed E-state index contributed by atoms with van der Waals surface area (Å²) in [6.07, 6.45) is 3.43. The Labute approximate surface area is 119 Å². The van der Waals surface area contributed by atoms with Crippen molar-refractivity contribution < 1.29 is 0 Å². The number of hydrogen-bond donors (Lipinski definition) is 1. The molecule has 0 atom stereocenters. The lowest BCUT2D eigenvalue weighted by Crippen LogP contribution is -2.19. The SMILES string of the molecule is CCc1nn(C)c(CNCCCCN(C)C)c1Br. The third kappa shape index (κ3) is 4.71. The molecule has 0 radical (unpaired) electrons. The standard InChI is InChI=1S/C13H25BrN4/c1-5-11-13(14)12(18(4)16-11)10-15-8-6-7-9-17(2)3/h15H,5-10H2,1-4H3. The molecule has 0 aliphatic carbocycles. The number of halogens is 1. The van der Waals surface area contributed by atoms with Crippen molar-refractivity contribution in [3.05, 3.63) is 15.9 Å². The predicted molar refractivity (Wildman–Crippen MR) is 79.8 cm³/mol. The lowest BCUT2D eigenvalue weighted by Gasteiger charge is -2.09. The van der Waals surface area contributed by atoms with Gasteiger partial charge in [0.25, 0.3) is 0 Å². The maximum Gasteiger partial charge on any atom is 0.0767 e. The first-order chi connectivity index (χ1) is 8.56. The highest BCUT2D eigenvalue weighted by molar-refractivity contribution is 9.10. The van der Waals surface area contributed by atoms with Gasteiger partial charge in [-0.15, -0.1) is 0 Å². The van der Waals surface area contributed by atoms with Gasteiger partial charge in [-0.1, -0.05) is 6.92 Å². The third-order valence-corrected chi connectivity index (χ3v) is 3.92. The van der Waals surface area contributed by atoms with E-state index in [1.165, 1.54) is 18.5 Å². The van der Waals surface area contributed by atoms with Crippen LogP contribution in [0.5, 0.6) is 0 Å². The molecule has 4 nitrogen and oxygen atoms in total. The average Bonchev–Trinajstić information content (AvgIpc) is 2.59. The third-order valence-electron chi connectivity index (χ3n) is 3.00. The summed E-state index contributed by atoms with van der Waals surface area (Å²) in [6.45, 7) is 5.24. The largest absolute Gasteiger partial charge is 0.311 e. The van der Waals surface area contributed by atoms with Gasteiger partial charge in [0.05, 0.1) is 15.9 Å². The molecule has 0 amide bonds. The van der Waals surface area contributed by atoms with E-state index in [0.29, 0.717) is 0 Å². The lowest BCUT2D eigenvalue weighted by atomic mass is 10.3. The summed E-state index contributed by atoms with van der Waals surface area (Å²) in [4.78, 5) is 2.23. The highest BCUT2D eigenvalue weighted by Crippen LogP contribution is 2.21. The molecule has 5 heteroatoms. The molecular weight excluding hydrogens is 292 g/mol. The molecule has 1 aromatic heterocycles. The van der Waals surface area contributed by atoms with E-state index >= 15 is 0 Å². The van der Waals surface area contributed by atoms with Crippen molar-refractivity contribution in [2.45, 2.75) is 32.7 Å². The summed E-state index contributed by atoms with van der Waals surface area (Å²) in [6, 6.07) is 0. The second-order valence-corrected chi connectivity index (χ2v) is 5.66. The van der Waals surface area contributed by atoms with Crippen LogP contribution in [0.4, 0.5) is 0 Å². The number of aromatic nitrogens is 2. The van der Waals surface area contributed by atoms with Crippen LogP contribution < -0.4 is 5.32 Å². The van der Waals surface area contributed by atoms with Gasteiger partial charge < -0.3 is 10.2 Å². The van der Waals surface area contributed by atoms with Gasteiger partial charge in [0.15, 0.2) is 0 Å². The molecule has 104 valence electrons. The first-order valence-electron chi connectivity index (χ1n) is 6.62. The number of unbranched alkanes of at least 4 members (excludes halogenated alkanes) is 1. The number of rotatable bonds is 8. The fourth-order valence-electron chi connectivity index (χ4n) is 1.90. The zero-order valence-electron chi connectivity index (χ0n) is 12.0. The van der Waals surface area contributed by atoms with Crippen molar-refractivity contribution in [2.24, 2.45) is 7.05 Å². The summed E-state index contributed by atoms with van der Waals surface area (Å²) in [7, 11) is 6.24. The second-order valence-electron chi connectivity index (χ2n) is 4.87. The zero-order valence-corrected chi connectivity index (χ0v) is 13.5. The first kappa shape index (κ1) is 15.7. The first-order valence-corrected chi connectivity index (χ1v) is 7.41. The Hall–Kier alpha value is -0.390. The molecule has 0 saturated heterocycles. The van der Waals surface area contributed by atoms with Crippen LogP contribution in [0.15, 0.2) is 4.47 Å². The van der Waals surface area contributed by atoms with Crippen LogP contribution in [0, 0.1) is 0 Å². The molecule has 1 rings (SSSR count). The maximum absolute atomic E-state index is 4.49. The van der Waals surface area contributed by atoms with Gasteiger partial charge in [0.2, 0.25) is 0 Å². The van der Waals surface area contributed by atoms with E-state index in [1.807, 2.05) is 11.7 Å². The van der Waals surface area contributed by atoms with E-state index < -0.39 is 0 Å². The molecular formula is C13H25BrN4. The van der Waals surface area contributed by atoms with Gasteiger partial charge in [-0.05, 0) is 62.4 Å². The van der Waals surface area contributed by atoms with Crippen molar-refractivity contribution in [3.63, 3.8) is 0 Å². The number of nitrogens with one attached hydrogen (secondary N) is 1. The molecule has 1 heterocycles. The lowest BCUT2D eigenvalue weighted by molar-refractivity contribution is 0.391. The van der Waals surface area contributed by atoms with Crippen LogP contribution in [0.2, 0.25) is 0 Å². The fourth-order valence-corrected chi connectivity index (χ4v) is 2.65. The van der Waals surface area contributed by atoms with E-state index in [4.69, 9.17) is 0 Å². The van der Waals surface area contributed by atoms with Crippen molar-refractivity contribution in [1.29, 1.82) is 0 Å². The van der Waals surface area contributed by atoms with Gasteiger partial charge >= 0.3 is 0 Å². The Morgan fingerprint density at radius 1 is 1.33 bits per heavy atom. The van der Waals surface area contributed by atoms with Crippen LogP contribution in [0.1, 0.15) is 31.2 Å². The molecule has 1 aromatic rings. The Morgan fingerprint density at radius 2 is 2.06 bits per heavy atom. The van der Waals surface area contributed by atoms with Gasteiger partial charge in [0.1, 0.15) is 0 Å². The molecule has 18 heavy (non-hydrogen) atoms. The molecule has 0 fully saturated rings. The molecule has 0 spiro atoms. The summed E-state index contributed by atoms with van der Waals surface area (Å²) in [5.74, 6) is 0. The normalized spacial score (nSPS) is 11.4. The number of hydrogen-bond acceptors (Lipinski definition) is 3. The van der Waals surface area contributed by atoms with Gasteiger partial charge in [-0.2, -0.15) is 5.10 Å². The van der Waals surface area contributed by atoms with E-state index in [2.05, 4.69) is 52.3 Å². The molecule has 0 unspecified atom stereocenters. The summed E-state index contributed by atoms with van der Waals surface area (Å²) >= 11 is 3.63. The zero-order chi connectivity index (χ0) is 13.5. The smallest absolute Gasteiger partial charge is 0.0767 e. The molecule has 0 aliphatic rings. The molecule has 0 saturated carbocycles. The minimum atomic E-state index is 0.881. The van der Waals surface area contributed by atoms with Crippen molar-refractivity contribution >= 4 is 15.9 Å². The van der Waals surface area contributed by atoms with Crippen LogP contribution in [0.25, 0.3) is 0 Å². The topological polar surface area (TPSA) is 33.1 Å². The van der Waals surface area contributed by atoms with Crippen molar-refractivity contribution in [3.8, 4) is 0 Å². The van der Waals surface area contributed by atoms with E-state index in [-0.39, 0.29) is 0 Å². The van der Waals surface area contributed by atoms with Gasteiger partial charge in [0, 0.05) is 13.6 Å². The van der Waals surface area contributed by atoms with Crippen LogP contribution in [-0.2, 0) is 20.0 Å². The Kier molecular flexibility index (Phi) is 6.89. The monoisotopic (exact) mass is 316 g/mol. The van der Waals surface area contributed by atoms with E-state index in [9.17, 15) is 0 Å². The number of aryl methyl sites for hydroxylation is 2. The minimum absolute atomic E-state index is 0.881. The quantitative estimate of drug-likeness (QED) is 0.746. The van der Waals surface area contributed by atoms with E-state index in [1.54, 1.807) is 0 Å².